The molecule has 2 aromatic rings. The molecular weight excluding hydrogens is 374 g/mol. The summed E-state index contributed by atoms with van der Waals surface area (Å²) >= 11 is 1.49. The number of likely N-dealkylation sites (tertiary alicyclic amines) is 1. The molecule has 6 nitrogen and oxygen atoms in total. The van der Waals surface area contributed by atoms with Crippen molar-refractivity contribution in [2.24, 2.45) is 0 Å². The lowest BCUT2D eigenvalue weighted by atomic mass is 10.1. The molecule has 1 saturated heterocycles. The van der Waals surface area contributed by atoms with E-state index < -0.39 is 0 Å². The molecule has 1 aromatic carbocycles. The number of amides is 3. The van der Waals surface area contributed by atoms with Crippen LogP contribution in [0.2, 0.25) is 0 Å². The number of hydrogen-bond donors (Lipinski definition) is 2. The first-order valence-electron chi connectivity index (χ1n) is 9.53. The number of piperidine rings is 1. The van der Waals surface area contributed by atoms with Crippen molar-refractivity contribution < 1.29 is 14.4 Å². The summed E-state index contributed by atoms with van der Waals surface area (Å²) in [5.74, 6) is -0.481. The normalized spacial score (nSPS) is 15.0. The zero-order valence-corrected chi connectivity index (χ0v) is 16.8. The molecule has 1 aliphatic rings. The van der Waals surface area contributed by atoms with Gasteiger partial charge in [-0.3, -0.25) is 14.4 Å². The molecule has 1 aromatic heterocycles. The standard InChI is InChI=1S/C21H25N3O3S/c1-15(25)22-18(19-10-7-13-28-19)14-20(26)23-17-9-4-3-8-16(17)21(27)24-11-5-2-6-12-24/h3-4,7-10,13,18H,2,5-6,11-12,14H2,1H3,(H,22,25)(H,23,26). The SMILES string of the molecule is CC(=O)NC(CC(=O)Nc1ccccc1C(=O)N1CCCCC1)c1cccs1. The van der Waals surface area contributed by atoms with Crippen LogP contribution in [0.25, 0.3) is 0 Å². The fourth-order valence-electron chi connectivity index (χ4n) is 3.39. The zero-order valence-electron chi connectivity index (χ0n) is 15.9. The van der Waals surface area contributed by atoms with Crippen LogP contribution in [0.15, 0.2) is 41.8 Å². The second kappa shape index (κ2) is 9.50. The molecule has 2 heterocycles. The van der Waals surface area contributed by atoms with Crippen LogP contribution in [0, 0.1) is 0 Å². The number of hydrogen-bond acceptors (Lipinski definition) is 4. The highest BCUT2D eigenvalue weighted by molar-refractivity contribution is 7.10. The number of para-hydroxylation sites is 1. The number of carbonyl (C=O) groups excluding carboxylic acids is 3. The Kier molecular flexibility index (Phi) is 6.81. The van der Waals surface area contributed by atoms with Gasteiger partial charge < -0.3 is 15.5 Å². The van der Waals surface area contributed by atoms with E-state index >= 15 is 0 Å². The molecule has 0 bridgehead atoms. The first-order chi connectivity index (χ1) is 13.5. The molecule has 0 saturated carbocycles. The predicted molar refractivity (Wildman–Crippen MR) is 110 cm³/mol. The summed E-state index contributed by atoms with van der Waals surface area (Å²) in [4.78, 5) is 39.8. The van der Waals surface area contributed by atoms with E-state index in [1.807, 2.05) is 22.4 Å². The van der Waals surface area contributed by atoms with E-state index in [0.717, 1.165) is 37.2 Å². The highest BCUT2D eigenvalue weighted by Crippen LogP contribution is 2.24. The molecule has 7 heteroatoms. The summed E-state index contributed by atoms with van der Waals surface area (Å²) < 4.78 is 0. The fraction of sp³-hybridized carbons (Fsp3) is 0.381. The van der Waals surface area contributed by atoms with Gasteiger partial charge in [0.25, 0.3) is 5.91 Å². The summed E-state index contributed by atoms with van der Waals surface area (Å²) in [5.41, 5.74) is 1.01. The molecule has 148 valence electrons. The van der Waals surface area contributed by atoms with Crippen LogP contribution >= 0.6 is 11.3 Å². The maximum atomic E-state index is 12.9. The summed E-state index contributed by atoms with van der Waals surface area (Å²) in [7, 11) is 0. The van der Waals surface area contributed by atoms with Gasteiger partial charge in [0.1, 0.15) is 0 Å². The lowest BCUT2D eigenvalue weighted by Crippen LogP contribution is -2.36. The molecule has 0 radical (unpaired) electrons. The Morgan fingerprint density at radius 2 is 1.82 bits per heavy atom. The Balaban J connectivity index is 1.71. The van der Waals surface area contributed by atoms with Crippen molar-refractivity contribution in [2.45, 2.75) is 38.6 Å². The van der Waals surface area contributed by atoms with Crippen molar-refractivity contribution in [3.8, 4) is 0 Å². The van der Waals surface area contributed by atoms with Crippen LogP contribution in [0.5, 0.6) is 0 Å². The third-order valence-corrected chi connectivity index (χ3v) is 5.71. The molecule has 1 unspecified atom stereocenters. The van der Waals surface area contributed by atoms with E-state index in [1.54, 1.807) is 24.3 Å². The van der Waals surface area contributed by atoms with Crippen molar-refractivity contribution in [3.05, 3.63) is 52.2 Å². The number of anilines is 1. The minimum absolute atomic E-state index is 0.0488. The Bertz CT molecular complexity index is 829. The first kappa shape index (κ1) is 20.1. The van der Waals surface area contributed by atoms with Gasteiger partial charge in [-0.2, -0.15) is 0 Å². The Labute approximate surface area is 168 Å². The summed E-state index contributed by atoms with van der Waals surface area (Å²) in [6.07, 6.45) is 3.28. The summed E-state index contributed by atoms with van der Waals surface area (Å²) in [5, 5.41) is 7.60. The van der Waals surface area contributed by atoms with Gasteiger partial charge in [0.15, 0.2) is 0 Å². The summed E-state index contributed by atoms with van der Waals surface area (Å²) in [6.45, 7) is 2.94. The minimum atomic E-state index is -0.387. The van der Waals surface area contributed by atoms with Crippen molar-refractivity contribution in [1.82, 2.24) is 10.2 Å². The number of rotatable bonds is 6. The largest absolute Gasteiger partial charge is 0.348 e. The highest BCUT2D eigenvalue weighted by atomic mass is 32.1. The third-order valence-electron chi connectivity index (χ3n) is 4.73. The number of nitrogens with zero attached hydrogens (tertiary/aromatic N) is 1. The molecule has 28 heavy (non-hydrogen) atoms. The topological polar surface area (TPSA) is 78.5 Å². The fourth-order valence-corrected chi connectivity index (χ4v) is 4.17. The summed E-state index contributed by atoms with van der Waals surface area (Å²) in [6, 6.07) is 10.5. The molecule has 2 N–H and O–H groups in total. The number of nitrogens with one attached hydrogen (secondary N) is 2. The Morgan fingerprint density at radius 3 is 2.50 bits per heavy atom. The van der Waals surface area contributed by atoms with Gasteiger partial charge in [0.05, 0.1) is 23.7 Å². The van der Waals surface area contributed by atoms with E-state index in [4.69, 9.17) is 0 Å². The minimum Gasteiger partial charge on any atom is -0.348 e. The van der Waals surface area contributed by atoms with Crippen LogP contribution in [0.3, 0.4) is 0 Å². The van der Waals surface area contributed by atoms with Gasteiger partial charge in [-0.1, -0.05) is 18.2 Å². The molecule has 0 spiro atoms. The van der Waals surface area contributed by atoms with E-state index in [9.17, 15) is 14.4 Å². The molecule has 3 amide bonds. The van der Waals surface area contributed by atoms with Crippen molar-refractivity contribution >= 4 is 34.7 Å². The average Bonchev–Trinajstić information content (AvgIpc) is 3.22. The smallest absolute Gasteiger partial charge is 0.255 e. The van der Waals surface area contributed by atoms with Gasteiger partial charge in [-0.15, -0.1) is 11.3 Å². The third kappa shape index (κ3) is 5.19. The van der Waals surface area contributed by atoms with Crippen LogP contribution in [0.4, 0.5) is 5.69 Å². The quantitative estimate of drug-likeness (QED) is 0.779. The van der Waals surface area contributed by atoms with Crippen LogP contribution in [-0.2, 0) is 9.59 Å². The maximum absolute atomic E-state index is 12.9. The van der Waals surface area contributed by atoms with Crippen molar-refractivity contribution in [2.75, 3.05) is 18.4 Å². The van der Waals surface area contributed by atoms with Crippen LogP contribution < -0.4 is 10.6 Å². The van der Waals surface area contributed by atoms with Gasteiger partial charge in [-0.25, -0.2) is 0 Å². The monoisotopic (exact) mass is 399 g/mol. The molecule has 0 aliphatic carbocycles. The molecule has 3 rings (SSSR count). The van der Waals surface area contributed by atoms with E-state index in [1.165, 1.54) is 18.3 Å². The Morgan fingerprint density at radius 1 is 1.07 bits per heavy atom. The number of thiophene rings is 1. The van der Waals surface area contributed by atoms with Crippen LogP contribution in [0.1, 0.15) is 53.9 Å². The van der Waals surface area contributed by atoms with E-state index in [2.05, 4.69) is 10.6 Å². The van der Waals surface area contributed by atoms with E-state index in [-0.39, 0.29) is 30.2 Å². The molecule has 1 fully saturated rings. The maximum Gasteiger partial charge on any atom is 0.255 e. The zero-order chi connectivity index (χ0) is 19.9. The number of benzene rings is 1. The van der Waals surface area contributed by atoms with Gasteiger partial charge in [0.2, 0.25) is 11.8 Å². The molecule has 1 aliphatic heterocycles. The molecular formula is C21H25N3O3S. The molecule has 1 atom stereocenters. The van der Waals surface area contributed by atoms with Crippen molar-refractivity contribution in [3.63, 3.8) is 0 Å². The highest BCUT2D eigenvalue weighted by Gasteiger charge is 2.23. The number of carbonyl (C=O) groups is 3. The second-order valence-corrected chi connectivity index (χ2v) is 7.90. The Hall–Kier alpha value is -2.67. The first-order valence-corrected chi connectivity index (χ1v) is 10.4. The van der Waals surface area contributed by atoms with Crippen molar-refractivity contribution in [1.29, 1.82) is 0 Å². The lowest BCUT2D eigenvalue weighted by Gasteiger charge is -2.27. The van der Waals surface area contributed by atoms with Gasteiger partial charge in [0, 0.05) is 24.9 Å². The van der Waals surface area contributed by atoms with E-state index in [0.29, 0.717) is 11.3 Å². The average molecular weight is 400 g/mol. The van der Waals surface area contributed by atoms with Gasteiger partial charge >= 0.3 is 0 Å². The second-order valence-electron chi connectivity index (χ2n) is 6.92. The van der Waals surface area contributed by atoms with Crippen LogP contribution in [-0.4, -0.2) is 35.7 Å². The predicted octanol–water partition coefficient (Wildman–Crippen LogP) is 3.58. The lowest BCUT2D eigenvalue weighted by molar-refractivity contribution is -0.120. The van der Waals surface area contributed by atoms with Gasteiger partial charge in [-0.05, 0) is 42.8 Å².